The van der Waals surface area contributed by atoms with E-state index in [2.05, 4.69) is 21.6 Å². The molecule has 29 heavy (non-hydrogen) atoms. The zero-order chi connectivity index (χ0) is 20.8. The Morgan fingerprint density at radius 3 is 2.66 bits per heavy atom. The van der Waals surface area contributed by atoms with Gasteiger partial charge in [-0.1, -0.05) is 29.3 Å². The highest BCUT2D eigenvalue weighted by atomic mass is 16.5. The molecule has 3 rings (SSSR count). The Hall–Kier alpha value is -3.74. The van der Waals surface area contributed by atoms with Crippen molar-refractivity contribution in [2.45, 2.75) is 20.5 Å². The molecule has 3 aromatic rings. The third kappa shape index (κ3) is 4.95. The summed E-state index contributed by atoms with van der Waals surface area (Å²) in [7, 11) is 1.47. The lowest BCUT2D eigenvalue weighted by molar-refractivity contribution is -0.248. The van der Waals surface area contributed by atoms with Gasteiger partial charge in [-0.05, 0) is 55.8 Å². The first kappa shape index (κ1) is 20.0. The van der Waals surface area contributed by atoms with Gasteiger partial charge in [0.1, 0.15) is 19.4 Å². The molecule has 0 spiro atoms. The smallest absolute Gasteiger partial charge is 0.433 e. The number of hydrogen-bond acceptors (Lipinski definition) is 4. The molecule has 0 atom stereocenters. The summed E-state index contributed by atoms with van der Waals surface area (Å²) < 4.78 is 6.01. The molecule has 7 nitrogen and oxygen atoms in total. The van der Waals surface area contributed by atoms with E-state index >= 15 is 0 Å². The van der Waals surface area contributed by atoms with Crippen LogP contribution in [0.1, 0.15) is 16.8 Å². The Labute approximate surface area is 169 Å². The zero-order valence-electron chi connectivity index (χ0n) is 16.7. The van der Waals surface area contributed by atoms with Crippen molar-refractivity contribution < 1.29 is 15.1 Å². The number of anilines is 1. The van der Waals surface area contributed by atoms with Crippen LogP contribution in [0.15, 0.2) is 65.9 Å². The minimum Gasteiger partial charge on any atom is -0.489 e. The first-order valence-corrected chi connectivity index (χ1v) is 9.19. The van der Waals surface area contributed by atoms with Crippen molar-refractivity contribution in [3.63, 3.8) is 0 Å². The minimum absolute atomic E-state index is 0.308. The van der Waals surface area contributed by atoms with E-state index in [4.69, 9.17) is 10.3 Å². The Balaban J connectivity index is 1.74. The summed E-state index contributed by atoms with van der Waals surface area (Å²) in [6.07, 6.45) is 0. The number of rotatable bonds is 6. The summed E-state index contributed by atoms with van der Waals surface area (Å²) in [4.78, 5) is 16.6. The number of nitrogens with two attached hydrogens (primary N) is 1. The summed E-state index contributed by atoms with van der Waals surface area (Å²) in [6.45, 7) is 4.28. The van der Waals surface area contributed by atoms with E-state index in [9.17, 15) is 4.79 Å². The summed E-state index contributed by atoms with van der Waals surface area (Å²) >= 11 is 0. The highest BCUT2D eigenvalue weighted by molar-refractivity contribution is 5.89. The number of aromatic nitrogens is 1. The van der Waals surface area contributed by atoms with E-state index in [-0.39, 0.29) is 0 Å². The van der Waals surface area contributed by atoms with Crippen LogP contribution in [0.25, 0.3) is 11.3 Å². The maximum atomic E-state index is 12.0. The van der Waals surface area contributed by atoms with Gasteiger partial charge in [0.25, 0.3) is 0 Å². The second-order valence-electron chi connectivity index (χ2n) is 6.66. The van der Waals surface area contributed by atoms with Gasteiger partial charge in [-0.25, -0.2) is 4.79 Å². The zero-order valence-corrected chi connectivity index (χ0v) is 16.7. The van der Waals surface area contributed by atoms with Gasteiger partial charge in [0.2, 0.25) is 0 Å². The molecular weight excluding hydrogens is 366 g/mol. The molecule has 0 aliphatic heterocycles. The molecule has 0 fully saturated rings. The number of amides is 2. The van der Waals surface area contributed by atoms with Gasteiger partial charge in [0, 0.05) is 16.8 Å². The van der Waals surface area contributed by atoms with Crippen LogP contribution < -0.4 is 15.6 Å². The molecule has 3 N–H and O–H groups in total. The highest BCUT2D eigenvalue weighted by Crippen LogP contribution is 2.27. The fraction of sp³-hybridized carbons (Fsp3) is 0.182. The van der Waals surface area contributed by atoms with Crippen molar-refractivity contribution in [2.24, 2.45) is 5.22 Å². The van der Waals surface area contributed by atoms with Crippen LogP contribution in [-0.2, 0) is 6.61 Å². The molecule has 0 saturated carbocycles. The van der Waals surface area contributed by atoms with E-state index in [0.717, 1.165) is 38.8 Å². The van der Waals surface area contributed by atoms with Crippen molar-refractivity contribution in [1.29, 1.82) is 0 Å². The second kappa shape index (κ2) is 8.97. The van der Waals surface area contributed by atoms with Gasteiger partial charge in [0.05, 0.1) is 16.6 Å². The first-order valence-electron chi connectivity index (χ1n) is 9.19. The Kier molecular flexibility index (Phi) is 6.19. The Bertz CT molecular complexity index is 1040. The molecule has 1 aromatic heterocycles. The number of carbonyl (C=O) groups is 1. The molecule has 0 radical (unpaired) electrons. The van der Waals surface area contributed by atoms with E-state index in [1.807, 2.05) is 62.4 Å². The number of benzene rings is 2. The van der Waals surface area contributed by atoms with Crippen LogP contribution in [0.2, 0.25) is 0 Å². The third-order valence-electron chi connectivity index (χ3n) is 4.47. The molecule has 0 saturated heterocycles. The Morgan fingerprint density at radius 1 is 1.14 bits per heavy atom. The standard InChI is InChI=1S/C22H23N5O2/c1-15-13-17(19-10-6-7-16(2)24-19)11-12-21(15)29-14-18-8-4-5-9-20(18)25-22(28)27(3)26-23/h4-13,23H,14H2,1-3H3,(H,25,28)/p+1. The number of urea groups is 1. The number of nitrogens with zero attached hydrogens (tertiary/aromatic N) is 3. The average Bonchev–Trinajstić information content (AvgIpc) is 2.73. The molecule has 2 aromatic carbocycles. The topological polar surface area (TPSA) is 92.4 Å². The lowest BCUT2D eigenvalue weighted by atomic mass is 10.1. The summed E-state index contributed by atoms with van der Waals surface area (Å²) in [6, 6.07) is 19.0. The molecule has 0 unspecified atom stereocenters. The summed E-state index contributed by atoms with van der Waals surface area (Å²) in [5, 5.41) is 7.14. The number of nitrogens with one attached hydrogen (secondary N) is 1. The van der Waals surface area contributed by atoms with Crippen molar-refractivity contribution in [3.05, 3.63) is 77.5 Å². The average molecular weight is 390 g/mol. The van der Waals surface area contributed by atoms with Crippen LogP contribution in [-0.4, -0.2) is 23.1 Å². The number of carbonyl (C=O) groups excluding carboxylic acids is 1. The molecule has 148 valence electrons. The minimum atomic E-state index is -0.425. The van der Waals surface area contributed by atoms with Crippen molar-refractivity contribution in [2.75, 3.05) is 12.4 Å². The number of hydrogen-bond donors (Lipinski definition) is 2. The van der Waals surface area contributed by atoms with E-state index in [1.54, 1.807) is 6.07 Å². The predicted molar refractivity (Wildman–Crippen MR) is 111 cm³/mol. The van der Waals surface area contributed by atoms with Crippen LogP contribution in [0.4, 0.5) is 10.5 Å². The van der Waals surface area contributed by atoms with Crippen LogP contribution >= 0.6 is 0 Å². The molecule has 0 aliphatic carbocycles. The molecule has 2 amide bonds. The maximum Gasteiger partial charge on any atom is 0.433 e. The van der Waals surface area contributed by atoms with Gasteiger partial charge < -0.3 is 4.74 Å². The van der Waals surface area contributed by atoms with Gasteiger partial charge in [-0.3, -0.25) is 10.3 Å². The van der Waals surface area contributed by atoms with Gasteiger partial charge in [0.15, 0.2) is 0 Å². The van der Waals surface area contributed by atoms with Crippen molar-refractivity contribution in [3.8, 4) is 17.0 Å². The van der Waals surface area contributed by atoms with Gasteiger partial charge in [-0.15, -0.1) is 0 Å². The lowest BCUT2D eigenvalue weighted by Crippen LogP contribution is -2.37. The van der Waals surface area contributed by atoms with Crippen LogP contribution in [0.3, 0.4) is 0 Å². The number of aryl methyl sites for hydroxylation is 2. The van der Waals surface area contributed by atoms with Crippen LogP contribution in [0.5, 0.6) is 5.75 Å². The molecular formula is C22H24N5O2+. The quantitative estimate of drug-likeness (QED) is 0.498. The Morgan fingerprint density at radius 2 is 1.93 bits per heavy atom. The number of para-hydroxylation sites is 1. The fourth-order valence-corrected chi connectivity index (χ4v) is 2.85. The summed E-state index contributed by atoms with van der Waals surface area (Å²) in [5.74, 6) is 0.775. The first-order chi connectivity index (χ1) is 14.0. The maximum absolute atomic E-state index is 12.0. The molecule has 1 heterocycles. The SMILES string of the molecule is Cc1cccc(-c2ccc(OCc3ccccc3NC(=O)N(C)N=[NH2+])c(C)c2)n1. The number of ether oxygens (including phenoxy) is 1. The highest BCUT2D eigenvalue weighted by Gasteiger charge is 2.16. The summed E-state index contributed by atoms with van der Waals surface area (Å²) in [5.41, 5.74) is 10.6. The monoisotopic (exact) mass is 390 g/mol. The van der Waals surface area contributed by atoms with E-state index < -0.39 is 6.03 Å². The van der Waals surface area contributed by atoms with E-state index in [0.29, 0.717) is 12.3 Å². The number of pyridine rings is 1. The lowest BCUT2D eigenvalue weighted by Gasteiger charge is -2.14. The third-order valence-corrected chi connectivity index (χ3v) is 4.47. The predicted octanol–water partition coefficient (Wildman–Crippen LogP) is 3.53. The second-order valence-corrected chi connectivity index (χ2v) is 6.66. The van der Waals surface area contributed by atoms with Crippen molar-refractivity contribution in [1.82, 2.24) is 9.99 Å². The molecule has 0 aliphatic rings. The van der Waals surface area contributed by atoms with Gasteiger partial charge in [-0.2, -0.15) is 5.53 Å². The normalized spacial score (nSPS) is 10.3. The fourth-order valence-electron chi connectivity index (χ4n) is 2.85. The van der Waals surface area contributed by atoms with E-state index in [1.165, 1.54) is 7.05 Å². The van der Waals surface area contributed by atoms with Gasteiger partial charge >= 0.3 is 6.03 Å². The van der Waals surface area contributed by atoms with Crippen LogP contribution in [0, 0.1) is 13.8 Å². The largest absolute Gasteiger partial charge is 0.489 e. The molecule has 7 heteroatoms. The molecule has 0 bridgehead atoms. The van der Waals surface area contributed by atoms with Crippen molar-refractivity contribution >= 4 is 11.7 Å².